The minimum Gasteiger partial charge on any atom is 0 e. The molecule has 0 amide bonds. The zero-order valence-electron chi connectivity index (χ0n) is 0.354. The topological polar surface area (TPSA) is 0 Å². The van der Waals surface area contributed by atoms with Gasteiger partial charge in [0.15, 0.2) is 86.8 Å². The normalized spacial score (nSPS) is 0. The summed E-state index contributed by atoms with van der Waals surface area (Å²) >= 11 is 0. The Bertz CT molecular complexity index is 3.90. The summed E-state index contributed by atoms with van der Waals surface area (Å²) in [7, 11) is 0. The van der Waals surface area contributed by atoms with Crippen molar-refractivity contribution in [2.75, 3.05) is 0 Å². The molecule has 0 aliphatic rings. The molecule has 0 aromatic carbocycles. The van der Waals surface area contributed by atoms with Crippen molar-refractivity contribution in [2.24, 2.45) is 0 Å². The van der Waals surface area contributed by atoms with Crippen molar-refractivity contribution in [1.82, 2.24) is 0 Å². The maximum absolute atomic E-state index is 0. The molecule has 0 N–H and O–H groups in total. The first-order valence-corrected chi connectivity index (χ1v) is 0. The summed E-state index contributed by atoms with van der Waals surface area (Å²) in [4.78, 5) is 0. The molecule has 6 heteroatoms. The summed E-state index contributed by atoms with van der Waals surface area (Å²) in [5.74, 6) is 0. The molecule has 0 saturated heterocycles. The number of hydrogen-bond acceptors (Lipinski definition) is 0. The van der Waals surface area contributed by atoms with Gasteiger partial charge in [0.1, 0.15) is 0 Å². The van der Waals surface area contributed by atoms with Crippen LogP contribution in [0.15, 0.2) is 0 Å². The van der Waals surface area contributed by atoms with E-state index in [1.807, 2.05) is 0 Å². The summed E-state index contributed by atoms with van der Waals surface area (Å²) in [6.45, 7) is 0. The fourth-order valence-electron chi connectivity index (χ4n) is 0. The molecule has 0 spiro atoms. The summed E-state index contributed by atoms with van der Waals surface area (Å²) in [5.41, 5.74) is 0. The van der Waals surface area contributed by atoms with Crippen LogP contribution in [0.25, 0.3) is 0 Å². The van der Waals surface area contributed by atoms with E-state index in [2.05, 4.69) is 0 Å². The Morgan fingerprint density at radius 1 is 0.333 bits per heavy atom. The molecular weight excluding hydrogens is 292 g/mol. The fraction of sp³-hybridized carbons (Fsp3) is 0. The van der Waals surface area contributed by atoms with Gasteiger partial charge in [0, 0.05) is 39.9 Å². The molecule has 0 nitrogen and oxygen atoms in total. The van der Waals surface area contributed by atoms with Crippen LogP contribution in [-0.4, -0.2) is 86.8 Å². The Morgan fingerprint density at radius 3 is 0.333 bits per heavy atom. The van der Waals surface area contributed by atoms with Gasteiger partial charge < -0.3 is 0 Å². The molecule has 0 bridgehead atoms. The molecule has 0 aromatic heterocycles. The van der Waals surface area contributed by atoms with Crippen molar-refractivity contribution >= 4 is 86.8 Å². The second kappa shape index (κ2) is 36.1. The minimum atomic E-state index is 0. The Morgan fingerprint density at radius 2 is 0.333 bits per heavy atom. The van der Waals surface area contributed by atoms with E-state index in [9.17, 15) is 0 Å². The van der Waals surface area contributed by atoms with Gasteiger partial charge in [-0.25, -0.2) is 0 Å². The molecule has 0 atom stereocenters. The van der Waals surface area contributed by atoms with Gasteiger partial charge in [-0.2, -0.15) is 0 Å². The van der Waals surface area contributed by atoms with Gasteiger partial charge >= 0.3 is 0 Å². The van der Waals surface area contributed by atoms with Crippen LogP contribution in [0.2, 0.25) is 0 Å². The molecule has 6 heavy (non-hydrogen) atoms. The first-order valence-electron chi connectivity index (χ1n) is 0. The standard InChI is InChI=1S/5Al.Gd.15H. The SMILES string of the molecule is [AlH3].[AlH3].[AlH3].[AlH3].[AlH3].[Gd]. The molecular formula is H15Al5Gd. The first-order chi connectivity index (χ1) is 0. The number of rotatable bonds is 0. The molecule has 0 aliphatic carbocycles. The third kappa shape index (κ3) is 24.5. The van der Waals surface area contributed by atoms with E-state index in [1.165, 1.54) is 0 Å². The van der Waals surface area contributed by atoms with E-state index >= 15 is 0 Å². The Labute approximate surface area is 124 Å². The van der Waals surface area contributed by atoms with Gasteiger partial charge in [-0.1, -0.05) is 0 Å². The third-order valence-corrected chi connectivity index (χ3v) is 0. The van der Waals surface area contributed by atoms with E-state index in [-0.39, 0.29) is 127 Å². The van der Waals surface area contributed by atoms with E-state index in [0.29, 0.717) is 0 Å². The second-order valence-corrected chi connectivity index (χ2v) is 0. The van der Waals surface area contributed by atoms with Crippen LogP contribution in [0.1, 0.15) is 0 Å². The summed E-state index contributed by atoms with van der Waals surface area (Å²) in [6, 6.07) is 0. The first kappa shape index (κ1) is 50.7. The zero-order chi connectivity index (χ0) is 0. The maximum atomic E-state index is 0. The van der Waals surface area contributed by atoms with Crippen LogP contribution in [0.3, 0.4) is 0 Å². The van der Waals surface area contributed by atoms with Gasteiger partial charge in [0.05, 0.1) is 0 Å². The molecule has 0 saturated carbocycles. The minimum absolute atomic E-state index is 0. The fourth-order valence-corrected chi connectivity index (χ4v) is 0. The van der Waals surface area contributed by atoms with Crippen LogP contribution in [0, 0.1) is 39.9 Å². The number of hydrogen-bond donors (Lipinski definition) is 0. The maximum Gasteiger partial charge on any atom is 0.187 e. The molecule has 0 aromatic rings. The van der Waals surface area contributed by atoms with Gasteiger partial charge in [0.2, 0.25) is 0 Å². The Hall–Kier alpha value is 3.99. The zero-order valence-corrected chi connectivity index (χ0v) is 2.62. The van der Waals surface area contributed by atoms with Crippen molar-refractivity contribution in [2.45, 2.75) is 0 Å². The van der Waals surface area contributed by atoms with Gasteiger partial charge in [-0.3, -0.25) is 0 Å². The van der Waals surface area contributed by atoms with E-state index < -0.39 is 0 Å². The molecule has 0 heterocycles. The molecule has 0 aliphatic heterocycles. The second-order valence-electron chi connectivity index (χ2n) is 0. The van der Waals surface area contributed by atoms with Gasteiger partial charge in [-0.15, -0.1) is 0 Å². The van der Waals surface area contributed by atoms with Crippen molar-refractivity contribution in [3.8, 4) is 0 Å². The van der Waals surface area contributed by atoms with E-state index in [1.54, 1.807) is 0 Å². The molecule has 0 unspecified atom stereocenters. The predicted octanol–water partition coefficient (Wildman–Crippen LogP) is -5.92. The van der Waals surface area contributed by atoms with E-state index in [4.69, 9.17) is 0 Å². The van der Waals surface area contributed by atoms with Crippen molar-refractivity contribution in [3.63, 3.8) is 0 Å². The largest absolute Gasteiger partial charge is 0.187 e. The van der Waals surface area contributed by atoms with Gasteiger partial charge in [0.25, 0.3) is 0 Å². The predicted molar refractivity (Wildman–Crippen MR) is 49.7 cm³/mol. The van der Waals surface area contributed by atoms with Crippen LogP contribution in [0.5, 0.6) is 0 Å². The average Bonchev–Trinajstić information content (AvgIpc) is 0. The molecule has 0 fully saturated rings. The Balaban J connectivity index is 0. The van der Waals surface area contributed by atoms with Crippen molar-refractivity contribution in [1.29, 1.82) is 0 Å². The quantitative estimate of drug-likeness (QED) is 0.391. The van der Waals surface area contributed by atoms with Crippen LogP contribution in [0.4, 0.5) is 0 Å². The van der Waals surface area contributed by atoms with Crippen LogP contribution < -0.4 is 0 Å². The molecule has 0 radical (unpaired) electrons. The third-order valence-electron chi connectivity index (χ3n) is 0. The summed E-state index contributed by atoms with van der Waals surface area (Å²) in [5, 5.41) is 0. The van der Waals surface area contributed by atoms with Crippen molar-refractivity contribution in [3.05, 3.63) is 0 Å². The van der Waals surface area contributed by atoms with Crippen LogP contribution in [-0.2, 0) is 0 Å². The van der Waals surface area contributed by atoms with E-state index in [0.717, 1.165) is 0 Å². The van der Waals surface area contributed by atoms with Gasteiger partial charge in [-0.05, 0) is 0 Å². The average molecular weight is 307 g/mol. The Kier molecular flexibility index (Phi) is 305. The summed E-state index contributed by atoms with van der Waals surface area (Å²) in [6.07, 6.45) is 0. The summed E-state index contributed by atoms with van der Waals surface area (Å²) < 4.78 is 0. The molecule has 0 rings (SSSR count). The smallest absolute Gasteiger partial charge is 0 e. The molecule has 38 valence electrons. The van der Waals surface area contributed by atoms with Crippen molar-refractivity contribution < 1.29 is 39.9 Å². The monoisotopic (exact) mass is 308 g/mol. The van der Waals surface area contributed by atoms with Crippen LogP contribution >= 0.6 is 0 Å².